The number of amides is 1. The molecule has 9 heteroatoms. The Balaban J connectivity index is 2.11. The summed E-state index contributed by atoms with van der Waals surface area (Å²) in [6, 6.07) is 6.53. The van der Waals surface area contributed by atoms with Crippen molar-refractivity contribution in [2.45, 2.75) is 13.8 Å². The number of hydrogen-bond acceptors (Lipinski definition) is 7. The Bertz CT molecular complexity index is 818. The maximum Gasteiger partial charge on any atom is 0.342 e. The van der Waals surface area contributed by atoms with Gasteiger partial charge in [0, 0.05) is 10.4 Å². The van der Waals surface area contributed by atoms with Crippen LogP contribution >= 0.6 is 22.9 Å². The molecule has 0 aliphatic heterocycles. The molecule has 1 aromatic carbocycles. The molecule has 0 spiro atoms. The minimum absolute atomic E-state index is 0.0276. The van der Waals surface area contributed by atoms with E-state index in [1.165, 1.54) is 5.38 Å². The summed E-state index contributed by atoms with van der Waals surface area (Å²) in [5.74, 6) is -1.39. The largest absolute Gasteiger partial charge is 0.484 e. The monoisotopic (exact) mass is 411 g/mol. The summed E-state index contributed by atoms with van der Waals surface area (Å²) in [7, 11) is 0. The molecule has 1 N–H and O–H groups in total. The molecule has 144 valence electrons. The van der Waals surface area contributed by atoms with Crippen LogP contribution in [0.3, 0.4) is 0 Å². The van der Waals surface area contributed by atoms with Crippen LogP contribution in [0.25, 0.3) is 0 Å². The zero-order chi connectivity index (χ0) is 19.8. The number of halogens is 1. The molecule has 0 saturated heterocycles. The van der Waals surface area contributed by atoms with E-state index in [2.05, 4.69) is 5.32 Å². The number of hydrogen-bond donors (Lipinski definition) is 1. The topological polar surface area (TPSA) is 90.9 Å². The van der Waals surface area contributed by atoms with E-state index in [-0.39, 0.29) is 35.9 Å². The van der Waals surface area contributed by atoms with Crippen molar-refractivity contribution >= 4 is 45.8 Å². The highest BCUT2D eigenvalue weighted by atomic mass is 35.5. The van der Waals surface area contributed by atoms with Crippen LogP contribution in [0.5, 0.6) is 5.75 Å². The predicted molar refractivity (Wildman–Crippen MR) is 102 cm³/mol. The molecule has 1 heterocycles. The average Bonchev–Trinajstić information content (AvgIpc) is 3.05. The minimum atomic E-state index is -0.712. The van der Waals surface area contributed by atoms with Crippen LogP contribution in [0.15, 0.2) is 29.6 Å². The molecular weight excluding hydrogens is 394 g/mol. The van der Waals surface area contributed by atoms with Crippen molar-refractivity contribution in [3.63, 3.8) is 0 Å². The number of benzene rings is 1. The van der Waals surface area contributed by atoms with Gasteiger partial charge < -0.3 is 19.5 Å². The van der Waals surface area contributed by atoms with Crippen molar-refractivity contribution in [3.05, 3.63) is 45.8 Å². The van der Waals surface area contributed by atoms with Gasteiger partial charge in [-0.1, -0.05) is 11.6 Å². The predicted octanol–water partition coefficient (Wildman–Crippen LogP) is 3.77. The van der Waals surface area contributed by atoms with Crippen LogP contribution in [0.4, 0.5) is 5.00 Å². The van der Waals surface area contributed by atoms with Gasteiger partial charge in [0.25, 0.3) is 5.91 Å². The Labute approximate surface area is 165 Å². The number of rotatable bonds is 8. The van der Waals surface area contributed by atoms with Gasteiger partial charge in [-0.25, -0.2) is 9.59 Å². The summed E-state index contributed by atoms with van der Waals surface area (Å²) < 4.78 is 15.3. The normalized spacial score (nSPS) is 10.2. The Kier molecular flexibility index (Phi) is 7.63. The molecular formula is C18H18ClNO6S. The van der Waals surface area contributed by atoms with E-state index in [0.29, 0.717) is 10.8 Å². The minimum Gasteiger partial charge on any atom is -0.484 e. The molecule has 2 aromatic rings. The number of thiophene rings is 1. The molecule has 0 radical (unpaired) electrons. The number of ether oxygens (including phenoxy) is 3. The summed E-state index contributed by atoms with van der Waals surface area (Å²) in [5, 5.41) is 4.76. The first-order valence-corrected chi connectivity index (χ1v) is 9.36. The number of carbonyl (C=O) groups is 3. The summed E-state index contributed by atoms with van der Waals surface area (Å²) in [6.45, 7) is 3.31. The molecule has 2 rings (SSSR count). The van der Waals surface area contributed by atoms with Crippen molar-refractivity contribution in [3.8, 4) is 5.75 Å². The smallest absolute Gasteiger partial charge is 0.342 e. The van der Waals surface area contributed by atoms with Gasteiger partial charge in [-0.3, -0.25) is 4.79 Å². The Hall–Kier alpha value is -2.58. The Morgan fingerprint density at radius 1 is 1.04 bits per heavy atom. The summed E-state index contributed by atoms with van der Waals surface area (Å²) in [6.07, 6.45) is 0. The van der Waals surface area contributed by atoms with Crippen LogP contribution < -0.4 is 10.1 Å². The van der Waals surface area contributed by atoms with Gasteiger partial charge in [0.1, 0.15) is 16.3 Å². The van der Waals surface area contributed by atoms with E-state index in [1.54, 1.807) is 38.1 Å². The molecule has 0 aliphatic carbocycles. The Morgan fingerprint density at radius 3 is 2.30 bits per heavy atom. The molecule has 7 nitrogen and oxygen atoms in total. The summed E-state index contributed by atoms with van der Waals surface area (Å²) >= 11 is 6.82. The van der Waals surface area contributed by atoms with Crippen LogP contribution in [0.2, 0.25) is 5.02 Å². The number of esters is 2. The second-order valence-electron chi connectivity index (χ2n) is 5.09. The van der Waals surface area contributed by atoms with Crippen LogP contribution in [0, 0.1) is 0 Å². The molecule has 0 unspecified atom stereocenters. The van der Waals surface area contributed by atoms with Crippen molar-refractivity contribution in [2.75, 3.05) is 25.1 Å². The van der Waals surface area contributed by atoms with Gasteiger partial charge in [0.15, 0.2) is 6.61 Å². The van der Waals surface area contributed by atoms with Crippen LogP contribution in [-0.4, -0.2) is 37.7 Å². The zero-order valence-electron chi connectivity index (χ0n) is 14.7. The van der Waals surface area contributed by atoms with Gasteiger partial charge >= 0.3 is 11.9 Å². The average molecular weight is 412 g/mol. The fourth-order valence-corrected chi connectivity index (χ4v) is 3.12. The number of carbonyl (C=O) groups excluding carboxylic acids is 3. The third-order valence-corrected chi connectivity index (χ3v) is 4.35. The fourth-order valence-electron chi connectivity index (χ4n) is 2.06. The quantitative estimate of drug-likeness (QED) is 0.665. The highest BCUT2D eigenvalue weighted by molar-refractivity contribution is 7.15. The van der Waals surface area contributed by atoms with Gasteiger partial charge in [-0.15, -0.1) is 11.3 Å². The van der Waals surface area contributed by atoms with Crippen molar-refractivity contribution in [2.24, 2.45) is 0 Å². The lowest BCUT2D eigenvalue weighted by molar-refractivity contribution is -0.118. The lowest BCUT2D eigenvalue weighted by Gasteiger charge is -2.09. The molecule has 1 amide bonds. The second-order valence-corrected chi connectivity index (χ2v) is 6.40. The van der Waals surface area contributed by atoms with E-state index in [4.69, 9.17) is 25.8 Å². The maximum absolute atomic E-state index is 12.2. The van der Waals surface area contributed by atoms with Gasteiger partial charge in [0.05, 0.1) is 18.8 Å². The molecule has 0 fully saturated rings. The van der Waals surface area contributed by atoms with E-state index in [9.17, 15) is 14.4 Å². The molecule has 0 atom stereocenters. The highest BCUT2D eigenvalue weighted by Crippen LogP contribution is 2.30. The third-order valence-electron chi connectivity index (χ3n) is 3.20. The molecule has 0 saturated carbocycles. The first kappa shape index (κ1) is 20.7. The van der Waals surface area contributed by atoms with Gasteiger partial charge in [0.2, 0.25) is 0 Å². The number of anilines is 1. The van der Waals surface area contributed by atoms with E-state index in [0.717, 1.165) is 11.3 Å². The van der Waals surface area contributed by atoms with Crippen molar-refractivity contribution in [1.29, 1.82) is 0 Å². The molecule has 0 aliphatic rings. The lowest BCUT2D eigenvalue weighted by Crippen LogP contribution is -2.21. The SMILES string of the molecule is CCOC(=O)c1csc(NC(=O)COc2ccc(Cl)cc2)c1C(=O)OCC. The van der Waals surface area contributed by atoms with E-state index >= 15 is 0 Å². The van der Waals surface area contributed by atoms with Crippen LogP contribution in [0.1, 0.15) is 34.6 Å². The lowest BCUT2D eigenvalue weighted by atomic mass is 10.2. The van der Waals surface area contributed by atoms with Crippen LogP contribution in [-0.2, 0) is 14.3 Å². The fraction of sp³-hybridized carbons (Fsp3) is 0.278. The molecule has 1 aromatic heterocycles. The summed E-state index contributed by atoms with van der Waals surface area (Å²) in [5.41, 5.74) is 0.0226. The second kappa shape index (κ2) is 9.94. The van der Waals surface area contributed by atoms with Gasteiger partial charge in [-0.2, -0.15) is 0 Å². The first-order chi connectivity index (χ1) is 13.0. The summed E-state index contributed by atoms with van der Waals surface area (Å²) in [4.78, 5) is 36.4. The molecule has 0 bridgehead atoms. The first-order valence-electron chi connectivity index (χ1n) is 8.10. The number of nitrogens with one attached hydrogen (secondary N) is 1. The third kappa shape index (κ3) is 5.70. The van der Waals surface area contributed by atoms with Crippen molar-refractivity contribution < 1.29 is 28.6 Å². The van der Waals surface area contributed by atoms with E-state index in [1.807, 2.05) is 0 Å². The Morgan fingerprint density at radius 2 is 1.67 bits per heavy atom. The highest BCUT2D eigenvalue weighted by Gasteiger charge is 2.26. The van der Waals surface area contributed by atoms with E-state index < -0.39 is 17.8 Å². The maximum atomic E-state index is 12.2. The molecule has 27 heavy (non-hydrogen) atoms. The standard InChI is InChI=1S/C18H18ClNO6S/c1-3-24-17(22)13-10-27-16(15(13)18(23)25-4-2)20-14(21)9-26-12-7-5-11(19)6-8-12/h5-8,10H,3-4,9H2,1-2H3,(H,20,21). The van der Waals surface area contributed by atoms with Gasteiger partial charge in [-0.05, 0) is 38.1 Å². The zero-order valence-corrected chi connectivity index (χ0v) is 16.3. The van der Waals surface area contributed by atoms with Crippen molar-refractivity contribution in [1.82, 2.24) is 0 Å².